The van der Waals surface area contributed by atoms with Gasteiger partial charge in [-0.1, -0.05) is 0 Å². The van der Waals surface area contributed by atoms with E-state index in [1.807, 2.05) is 11.8 Å². The van der Waals surface area contributed by atoms with Crippen molar-refractivity contribution >= 4 is 17.7 Å². The molecule has 0 spiro atoms. The molecule has 0 aromatic carbocycles. The number of amides is 1. The van der Waals surface area contributed by atoms with Gasteiger partial charge < -0.3 is 15.5 Å². The number of hydrogen-bond donors (Lipinski definition) is 1. The molecule has 1 saturated heterocycles. The summed E-state index contributed by atoms with van der Waals surface area (Å²) in [6.07, 6.45) is 1.68. The summed E-state index contributed by atoms with van der Waals surface area (Å²) in [7, 11) is 1.81. The summed E-state index contributed by atoms with van der Waals surface area (Å²) in [4.78, 5) is 23.3. The SMILES string of the molecule is Cc1cnc(N)nc1N1CCN(C)C(=O)C1. The summed E-state index contributed by atoms with van der Waals surface area (Å²) in [6, 6.07) is 0. The first-order valence-electron chi connectivity index (χ1n) is 5.16. The third kappa shape index (κ3) is 1.91. The maximum Gasteiger partial charge on any atom is 0.241 e. The number of aromatic nitrogens is 2. The Morgan fingerprint density at radius 2 is 2.19 bits per heavy atom. The van der Waals surface area contributed by atoms with Crippen molar-refractivity contribution in [2.75, 3.05) is 37.3 Å². The lowest BCUT2D eigenvalue weighted by Gasteiger charge is -2.33. The predicted octanol–water partition coefficient (Wildman–Crippen LogP) is -0.354. The summed E-state index contributed by atoms with van der Waals surface area (Å²) < 4.78 is 0. The molecule has 1 aromatic heterocycles. The number of likely N-dealkylation sites (N-methyl/N-ethyl adjacent to an activating group) is 1. The van der Waals surface area contributed by atoms with E-state index in [4.69, 9.17) is 5.73 Å². The molecule has 0 saturated carbocycles. The van der Waals surface area contributed by atoms with Crippen molar-refractivity contribution in [3.05, 3.63) is 11.8 Å². The van der Waals surface area contributed by atoms with Gasteiger partial charge in [0.1, 0.15) is 5.82 Å². The highest BCUT2D eigenvalue weighted by atomic mass is 16.2. The van der Waals surface area contributed by atoms with E-state index in [1.165, 1.54) is 0 Å². The quantitative estimate of drug-likeness (QED) is 0.701. The van der Waals surface area contributed by atoms with E-state index in [-0.39, 0.29) is 11.9 Å². The molecular weight excluding hydrogens is 206 g/mol. The molecule has 1 aromatic rings. The summed E-state index contributed by atoms with van der Waals surface area (Å²) in [5, 5.41) is 0. The van der Waals surface area contributed by atoms with Crippen LogP contribution >= 0.6 is 0 Å². The van der Waals surface area contributed by atoms with Gasteiger partial charge in [0.05, 0.1) is 6.54 Å². The van der Waals surface area contributed by atoms with Gasteiger partial charge in [-0.25, -0.2) is 4.98 Å². The molecule has 1 aliphatic rings. The number of nitrogens with zero attached hydrogens (tertiary/aromatic N) is 4. The second-order valence-corrected chi connectivity index (χ2v) is 3.97. The first kappa shape index (κ1) is 10.7. The molecule has 6 heteroatoms. The van der Waals surface area contributed by atoms with Crippen LogP contribution in [-0.4, -0.2) is 47.5 Å². The molecule has 0 aliphatic carbocycles. The average molecular weight is 221 g/mol. The first-order chi connectivity index (χ1) is 7.58. The van der Waals surface area contributed by atoms with Crippen LogP contribution in [0.2, 0.25) is 0 Å². The van der Waals surface area contributed by atoms with Gasteiger partial charge in [-0.15, -0.1) is 0 Å². The third-order valence-corrected chi connectivity index (χ3v) is 2.72. The van der Waals surface area contributed by atoms with Crippen LogP contribution in [0.15, 0.2) is 6.20 Å². The zero-order valence-corrected chi connectivity index (χ0v) is 9.47. The van der Waals surface area contributed by atoms with Crippen LogP contribution in [0, 0.1) is 6.92 Å². The minimum absolute atomic E-state index is 0.0998. The molecule has 0 bridgehead atoms. The van der Waals surface area contributed by atoms with Gasteiger partial charge in [0.25, 0.3) is 0 Å². The number of aryl methyl sites for hydroxylation is 1. The van der Waals surface area contributed by atoms with Crippen LogP contribution in [0.5, 0.6) is 0 Å². The summed E-state index contributed by atoms with van der Waals surface area (Å²) in [5.41, 5.74) is 6.49. The van der Waals surface area contributed by atoms with Gasteiger partial charge >= 0.3 is 0 Å². The van der Waals surface area contributed by atoms with Crippen molar-refractivity contribution < 1.29 is 4.79 Å². The molecule has 0 radical (unpaired) electrons. The van der Waals surface area contributed by atoms with Crippen molar-refractivity contribution in [3.8, 4) is 0 Å². The fourth-order valence-corrected chi connectivity index (χ4v) is 1.71. The van der Waals surface area contributed by atoms with Gasteiger partial charge in [-0.3, -0.25) is 4.79 Å². The molecule has 6 nitrogen and oxygen atoms in total. The number of nitrogens with two attached hydrogens (primary N) is 1. The van der Waals surface area contributed by atoms with Crippen molar-refractivity contribution in [2.24, 2.45) is 0 Å². The molecule has 1 fully saturated rings. The standard InChI is InChI=1S/C10H15N5O/c1-7-5-12-10(11)13-9(7)15-4-3-14(2)8(16)6-15/h5H,3-4,6H2,1-2H3,(H2,11,12,13). The Labute approximate surface area is 94.1 Å². The molecule has 0 atom stereocenters. The Balaban J connectivity index is 2.24. The highest BCUT2D eigenvalue weighted by Crippen LogP contribution is 2.18. The maximum absolute atomic E-state index is 11.6. The zero-order chi connectivity index (χ0) is 11.7. The molecule has 16 heavy (non-hydrogen) atoms. The van der Waals surface area contributed by atoms with Crippen LogP contribution in [-0.2, 0) is 4.79 Å². The van der Waals surface area contributed by atoms with Crippen LogP contribution in [0.1, 0.15) is 5.56 Å². The number of carbonyl (C=O) groups excluding carboxylic acids is 1. The van der Waals surface area contributed by atoms with Crippen molar-refractivity contribution in [3.63, 3.8) is 0 Å². The number of rotatable bonds is 1. The van der Waals surface area contributed by atoms with Crippen molar-refractivity contribution in [1.82, 2.24) is 14.9 Å². The van der Waals surface area contributed by atoms with E-state index in [2.05, 4.69) is 9.97 Å². The van der Waals surface area contributed by atoms with E-state index in [9.17, 15) is 4.79 Å². The predicted molar refractivity (Wildman–Crippen MR) is 61.0 cm³/mol. The topological polar surface area (TPSA) is 75.3 Å². The van der Waals surface area contributed by atoms with Crippen LogP contribution < -0.4 is 10.6 Å². The summed E-state index contributed by atoms with van der Waals surface area (Å²) >= 11 is 0. The Morgan fingerprint density at radius 1 is 1.44 bits per heavy atom. The summed E-state index contributed by atoms with van der Waals surface area (Å²) in [6.45, 7) is 3.76. The molecular formula is C10H15N5O. The zero-order valence-electron chi connectivity index (χ0n) is 9.47. The first-order valence-corrected chi connectivity index (χ1v) is 5.16. The van der Waals surface area contributed by atoms with Gasteiger partial charge in [0.15, 0.2) is 0 Å². The molecule has 1 amide bonds. The third-order valence-electron chi connectivity index (χ3n) is 2.72. The molecule has 86 valence electrons. The Morgan fingerprint density at radius 3 is 2.88 bits per heavy atom. The minimum Gasteiger partial charge on any atom is -0.368 e. The van der Waals surface area contributed by atoms with Crippen LogP contribution in [0.3, 0.4) is 0 Å². The maximum atomic E-state index is 11.6. The normalized spacial score (nSPS) is 16.8. The second kappa shape index (κ2) is 3.96. The highest BCUT2D eigenvalue weighted by molar-refractivity contribution is 5.82. The monoisotopic (exact) mass is 221 g/mol. The largest absolute Gasteiger partial charge is 0.368 e. The number of anilines is 2. The molecule has 1 aliphatic heterocycles. The lowest BCUT2D eigenvalue weighted by atomic mass is 10.2. The van der Waals surface area contributed by atoms with E-state index >= 15 is 0 Å². The second-order valence-electron chi connectivity index (χ2n) is 3.97. The highest BCUT2D eigenvalue weighted by Gasteiger charge is 2.23. The fourth-order valence-electron chi connectivity index (χ4n) is 1.71. The lowest BCUT2D eigenvalue weighted by Crippen LogP contribution is -2.49. The molecule has 2 N–H and O–H groups in total. The Hall–Kier alpha value is -1.85. The lowest BCUT2D eigenvalue weighted by molar-refractivity contribution is -0.129. The van der Waals surface area contributed by atoms with Gasteiger partial charge in [-0.2, -0.15) is 4.98 Å². The van der Waals surface area contributed by atoms with E-state index < -0.39 is 0 Å². The van der Waals surface area contributed by atoms with E-state index in [0.717, 1.165) is 17.9 Å². The van der Waals surface area contributed by atoms with E-state index in [0.29, 0.717) is 13.1 Å². The Bertz CT molecular complexity index is 420. The number of piperazine rings is 1. The molecule has 0 unspecified atom stereocenters. The Kier molecular flexibility index (Phi) is 2.64. The fraction of sp³-hybridized carbons (Fsp3) is 0.500. The number of nitrogen functional groups attached to an aromatic ring is 1. The van der Waals surface area contributed by atoms with Gasteiger partial charge in [0.2, 0.25) is 11.9 Å². The van der Waals surface area contributed by atoms with Gasteiger partial charge in [0, 0.05) is 31.9 Å². The van der Waals surface area contributed by atoms with Gasteiger partial charge in [-0.05, 0) is 6.92 Å². The average Bonchev–Trinajstić information content (AvgIpc) is 2.26. The van der Waals surface area contributed by atoms with Crippen molar-refractivity contribution in [1.29, 1.82) is 0 Å². The smallest absolute Gasteiger partial charge is 0.241 e. The van der Waals surface area contributed by atoms with Crippen LogP contribution in [0.25, 0.3) is 0 Å². The number of carbonyl (C=O) groups is 1. The molecule has 2 rings (SSSR count). The molecule has 2 heterocycles. The van der Waals surface area contributed by atoms with Crippen molar-refractivity contribution in [2.45, 2.75) is 6.92 Å². The summed E-state index contributed by atoms with van der Waals surface area (Å²) in [5.74, 6) is 1.10. The van der Waals surface area contributed by atoms with E-state index in [1.54, 1.807) is 18.1 Å². The van der Waals surface area contributed by atoms with Crippen LogP contribution in [0.4, 0.5) is 11.8 Å². The number of hydrogen-bond acceptors (Lipinski definition) is 5. The minimum atomic E-state index is 0.0998.